The van der Waals surface area contributed by atoms with E-state index in [0.717, 1.165) is 0 Å². The predicted octanol–water partition coefficient (Wildman–Crippen LogP) is 2.45. The summed E-state index contributed by atoms with van der Waals surface area (Å²) in [5.74, 6) is 0.478. The molecule has 0 saturated carbocycles. The van der Waals surface area contributed by atoms with E-state index in [1.807, 2.05) is 26.0 Å². The average Bonchev–Trinajstić information content (AvgIpc) is 2.89. The summed E-state index contributed by atoms with van der Waals surface area (Å²) in [6, 6.07) is 7.48. The summed E-state index contributed by atoms with van der Waals surface area (Å²) in [6.07, 6.45) is 3.69. The van der Waals surface area contributed by atoms with Crippen LogP contribution >= 0.6 is 0 Å². The summed E-state index contributed by atoms with van der Waals surface area (Å²) in [6.45, 7) is 4.33. The van der Waals surface area contributed by atoms with Gasteiger partial charge in [0.2, 0.25) is 5.91 Å². The number of amides is 1. The van der Waals surface area contributed by atoms with Gasteiger partial charge in [0.25, 0.3) is 0 Å². The lowest BCUT2D eigenvalue weighted by Crippen LogP contribution is -2.15. The van der Waals surface area contributed by atoms with Crippen molar-refractivity contribution in [2.24, 2.45) is 0 Å². The van der Waals surface area contributed by atoms with Gasteiger partial charge in [-0.2, -0.15) is 5.10 Å². The Labute approximate surface area is 123 Å². The van der Waals surface area contributed by atoms with Crippen LogP contribution in [0.15, 0.2) is 36.7 Å². The molecule has 0 saturated heterocycles. The van der Waals surface area contributed by atoms with E-state index in [1.54, 1.807) is 29.2 Å². The second kappa shape index (κ2) is 6.78. The number of carbonyl (C=O) groups is 1. The molecule has 3 N–H and O–H groups in total. The van der Waals surface area contributed by atoms with Crippen LogP contribution in [0.25, 0.3) is 0 Å². The zero-order valence-electron chi connectivity index (χ0n) is 12.2. The molecule has 1 aromatic carbocycles. The van der Waals surface area contributed by atoms with Crippen molar-refractivity contribution in [2.75, 3.05) is 17.7 Å². The topological polar surface area (TPSA) is 82.2 Å². The number of anilines is 2. The fourth-order valence-corrected chi connectivity index (χ4v) is 1.77. The lowest BCUT2D eigenvalue weighted by Gasteiger charge is -2.08. The summed E-state index contributed by atoms with van der Waals surface area (Å²) in [7, 11) is 0. The van der Waals surface area contributed by atoms with E-state index >= 15 is 0 Å². The average molecular weight is 288 g/mol. The molecule has 0 spiro atoms. The molecule has 0 aliphatic rings. The molecule has 0 unspecified atom stereocenters. The molecule has 0 bridgehead atoms. The Morgan fingerprint density at radius 2 is 2.19 bits per heavy atom. The third-order valence-corrected chi connectivity index (χ3v) is 2.92. The molecular weight excluding hydrogens is 268 g/mol. The van der Waals surface area contributed by atoms with Crippen LogP contribution in [0, 0.1) is 0 Å². The molecule has 0 fully saturated rings. The molecule has 21 heavy (non-hydrogen) atoms. The minimum Gasteiger partial charge on any atom is -0.491 e. The molecular formula is C15H20N4O2. The maximum absolute atomic E-state index is 11.8. The smallest absolute Gasteiger partial charge is 0.227 e. The molecule has 6 heteroatoms. The van der Waals surface area contributed by atoms with E-state index in [4.69, 9.17) is 10.5 Å². The Morgan fingerprint density at radius 1 is 1.43 bits per heavy atom. The third-order valence-electron chi connectivity index (χ3n) is 2.92. The molecule has 112 valence electrons. The summed E-state index contributed by atoms with van der Waals surface area (Å²) >= 11 is 0. The summed E-state index contributed by atoms with van der Waals surface area (Å²) < 4.78 is 7.27. The Kier molecular flexibility index (Phi) is 4.81. The van der Waals surface area contributed by atoms with E-state index in [1.165, 1.54) is 0 Å². The van der Waals surface area contributed by atoms with Crippen LogP contribution in [0.3, 0.4) is 0 Å². The van der Waals surface area contributed by atoms with Gasteiger partial charge < -0.3 is 15.8 Å². The standard InChI is InChI=1S/C15H20N4O2/c1-11(2)19-10-12(9-17-19)18-15(20)7-8-21-14-6-4-3-5-13(14)16/h3-6,9-11H,7-8,16H2,1-2H3,(H,18,20). The van der Waals surface area contributed by atoms with Crippen molar-refractivity contribution in [2.45, 2.75) is 26.3 Å². The highest BCUT2D eigenvalue weighted by atomic mass is 16.5. The van der Waals surface area contributed by atoms with Crippen LogP contribution in [0.4, 0.5) is 11.4 Å². The number of nitrogens with one attached hydrogen (secondary N) is 1. The van der Waals surface area contributed by atoms with Crippen molar-refractivity contribution in [3.05, 3.63) is 36.7 Å². The number of aromatic nitrogens is 2. The molecule has 0 aliphatic heterocycles. The number of benzene rings is 1. The number of nitrogens with zero attached hydrogens (tertiary/aromatic N) is 2. The highest BCUT2D eigenvalue weighted by Crippen LogP contribution is 2.19. The highest BCUT2D eigenvalue weighted by Gasteiger charge is 2.07. The summed E-state index contributed by atoms with van der Waals surface area (Å²) in [5.41, 5.74) is 7.01. The first-order valence-electron chi connectivity index (χ1n) is 6.87. The Balaban J connectivity index is 1.78. The number of rotatable bonds is 6. The predicted molar refractivity (Wildman–Crippen MR) is 82.2 cm³/mol. The molecule has 0 atom stereocenters. The van der Waals surface area contributed by atoms with Crippen molar-refractivity contribution in [1.82, 2.24) is 9.78 Å². The Hall–Kier alpha value is -2.50. The van der Waals surface area contributed by atoms with Crippen molar-refractivity contribution >= 4 is 17.3 Å². The van der Waals surface area contributed by atoms with Gasteiger partial charge in [0.1, 0.15) is 5.75 Å². The molecule has 2 aromatic rings. The Bertz CT molecular complexity index is 607. The first-order valence-corrected chi connectivity index (χ1v) is 6.87. The minimum atomic E-state index is -0.118. The number of nitrogen functional groups attached to an aromatic ring is 1. The van der Waals surface area contributed by atoms with Crippen LogP contribution in [-0.4, -0.2) is 22.3 Å². The number of para-hydroxylation sites is 2. The largest absolute Gasteiger partial charge is 0.491 e. The molecule has 2 rings (SSSR count). The molecule has 1 amide bonds. The van der Waals surface area contributed by atoms with Gasteiger partial charge in [-0.3, -0.25) is 9.48 Å². The maximum atomic E-state index is 11.8. The molecule has 0 radical (unpaired) electrons. The zero-order valence-corrected chi connectivity index (χ0v) is 12.2. The van der Waals surface area contributed by atoms with Crippen molar-refractivity contribution in [3.63, 3.8) is 0 Å². The van der Waals surface area contributed by atoms with E-state index in [0.29, 0.717) is 17.1 Å². The van der Waals surface area contributed by atoms with Gasteiger partial charge in [-0.15, -0.1) is 0 Å². The molecule has 1 aromatic heterocycles. The molecule has 1 heterocycles. The van der Waals surface area contributed by atoms with Crippen molar-refractivity contribution < 1.29 is 9.53 Å². The number of hydrogen-bond donors (Lipinski definition) is 2. The monoisotopic (exact) mass is 288 g/mol. The van der Waals surface area contributed by atoms with Crippen LogP contribution in [0.5, 0.6) is 5.75 Å². The van der Waals surface area contributed by atoms with Gasteiger partial charge in [-0.05, 0) is 26.0 Å². The Morgan fingerprint density at radius 3 is 2.86 bits per heavy atom. The summed E-state index contributed by atoms with van der Waals surface area (Å²) in [5, 5.41) is 6.95. The van der Waals surface area contributed by atoms with Crippen molar-refractivity contribution in [1.29, 1.82) is 0 Å². The van der Waals surface area contributed by atoms with Gasteiger partial charge in [0.05, 0.1) is 30.6 Å². The van der Waals surface area contributed by atoms with Gasteiger partial charge in [0.15, 0.2) is 0 Å². The highest BCUT2D eigenvalue weighted by molar-refractivity contribution is 5.90. The van der Waals surface area contributed by atoms with E-state index < -0.39 is 0 Å². The van der Waals surface area contributed by atoms with Crippen LogP contribution in [0.2, 0.25) is 0 Å². The third kappa shape index (κ3) is 4.24. The van der Waals surface area contributed by atoms with Gasteiger partial charge in [0, 0.05) is 12.2 Å². The van der Waals surface area contributed by atoms with E-state index in [-0.39, 0.29) is 25.0 Å². The van der Waals surface area contributed by atoms with Crippen molar-refractivity contribution in [3.8, 4) is 5.75 Å². The van der Waals surface area contributed by atoms with Crippen LogP contribution in [0.1, 0.15) is 26.3 Å². The first kappa shape index (κ1) is 14.9. The number of ether oxygens (including phenoxy) is 1. The number of hydrogen-bond acceptors (Lipinski definition) is 4. The molecule has 0 aliphatic carbocycles. The fourth-order valence-electron chi connectivity index (χ4n) is 1.77. The van der Waals surface area contributed by atoms with Crippen LogP contribution in [-0.2, 0) is 4.79 Å². The number of nitrogens with two attached hydrogens (primary N) is 1. The quantitative estimate of drug-likeness (QED) is 0.800. The lowest BCUT2D eigenvalue weighted by molar-refractivity contribution is -0.116. The maximum Gasteiger partial charge on any atom is 0.227 e. The second-order valence-corrected chi connectivity index (χ2v) is 4.99. The molecule has 6 nitrogen and oxygen atoms in total. The number of carbonyl (C=O) groups excluding carboxylic acids is 1. The zero-order chi connectivity index (χ0) is 15.2. The first-order chi connectivity index (χ1) is 10.1. The van der Waals surface area contributed by atoms with Gasteiger partial charge in [-0.1, -0.05) is 12.1 Å². The van der Waals surface area contributed by atoms with Gasteiger partial charge in [-0.25, -0.2) is 0 Å². The van der Waals surface area contributed by atoms with Gasteiger partial charge >= 0.3 is 0 Å². The minimum absolute atomic E-state index is 0.118. The summed E-state index contributed by atoms with van der Waals surface area (Å²) in [4.78, 5) is 11.8. The normalized spacial score (nSPS) is 10.6. The van der Waals surface area contributed by atoms with E-state index in [9.17, 15) is 4.79 Å². The van der Waals surface area contributed by atoms with E-state index in [2.05, 4.69) is 10.4 Å². The lowest BCUT2D eigenvalue weighted by atomic mass is 10.3. The fraction of sp³-hybridized carbons (Fsp3) is 0.333. The SMILES string of the molecule is CC(C)n1cc(NC(=O)CCOc2ccccc2N)cn1. The van der Waals surface area contributed by atoms with Crippen LogP contribution < -0.4 is 15.8 Å². The second-order valence-electron chi connectivity index (χ2n) is 4.99.